The summed E-state index contributed by atoms with van der Waals surface area (Å²) in [5.41, 5.74) is 0.172. The van der Waals surface area contributed by atoms with E-state index in [1.54, 1.807) is 24.3 Å². The summed E-state index contributed by atoms with van der Waals surface area (Å²) in [5.74, 6) is 0. The third-order valence-electron chi connectivity index (χ3n) is 4.65. The Kier molecular flexibility index (Phi) is 4.54. The number of hydrogen-bond donors (Lipinski definition) is 1. The molecule has 0 aliphatic carbocycles. The maximum absolute atomic E-state index is 13.1. The molecule has 0 amide bonds. The fourth-order valence-corrected chi connectivity index (χ4v) is 6.55. The van der Waals surface area contributed by atoms with Gasteiger partial charge in [0.1, 0.15) is 0 Å². The number of aryl methyl sites for hydroxylation is 1. The van der Waals surface area contributed by atoms with E-state index < -0.39 is 21.7 Å². The Bertz CT molecular complexity index is 648. The highest BCUT2D eigenvalue weighted by atomic mass is 127. The van der Waals surface area contributed by atoms with Crippen molar-refractivity contribution >= 4 is 32.6 Å². The Morgan fingerprint density at radius 2 is 2.00 bits per heavy atom. The highest BCUT2D eigenvalue weighted by molar-refractivity contribution is 14.1. The molecule has 1 aromatic carbocycles. The van der Waals surface area contributed by atoms with Crippen LogP contribution in [-0.4, -0.2) is 53.2 Å². The van der Waals surface area contributed by atoms with E-state index in [9.17, 15) is 13.5 Å². The molecule has 0 saturated carbocycles. The van der Waals surface area contributed by atoms with Gasteiger partial charge in [-0.3, -0.25) is 0 Å². The van der Waals surface area contributed by atoms with Gasteiger partial charge in [-0.2, -0.15) is 4.31 Å². The Balaban J connectivity index is 2.03. The van der Waals surface area contributed by atoms with Crippen molar-refractivity contribution in [2.24, 2.45) is 0 Å². The zero-order valence-electron chi connectivity index (χ0n) is 12.4. The normalized spacial score (nSPS) is 33.4. The molecule has 1 N–H and O–H groups in total. The fraction of sp³-hybridized carbons (Fsp3) is 0.600. The molecular weight excluding hydrogens is 417 g/mol. The molecule has 2 fully saturated rings. The van der Waals surface area contributed by atoms with Gasteiger partial charge in [-0.05, 0) is 31.9 Å². The van der Waals surface area contributed by atoms with Crippen LogP contribution in [0.25, 0.3) is 0 Å². The largest absolute Gasteiger partial charge is 0.391 e. The minimum Gasteiger partial charge on any atom is -0.391 e. The van der Waals surface area contributed by atoms with Crippen LogP contribution in [0, 0.1) is 6.92 Å². The highest BCUT2D eigenvalue weighted by Gasteiger charge is 2.58. The van der Waals surface area contributed by atoms with Crippen molar-refractivity contribution in [2.75, 3.05) is 19.8 Å². The summed E-state index contributed by atoms with van der Waals surface area (Å²) in [6, 6.07) is 6.86. The average Bonchev–Trinajstić information content (AvgIpc) is 2.81. The van der Waals surface area contributed by atoms with Crippen molar-refractivity contribution < 1.29 is 18.3 Å². The van der Waals surface area contributed by atoms with Gasteiger partial charge >= 0.3 is 0 Å². The molecule has 22 heavy (non-hydrogen) atoms. The third kappa shape index (κ3) is 2.50. The molecule has 5 nitrogen and oxygen atoms in total. The quantitative estimate of drug-likeness (QED) is 0.566. The lowest BCUT2D eigenvalue weighted by Gasteiger charge is -2.45. The first-order valence-corrected chi connectivity index (χ1v) is 10.1. The Morgan fingerprint density at radius 3 is 2.64 bits per heavy atom. The van der Waals surface area contributed by atoms with Gasteiger partial charge in [0.2, 0.25) is 10.0 Å². The number of hydrogen-bond acceptors (Lipinski definition) is 4. The van der Waals surface area contributed by atoms with Crippen molar-refractivity contribution in [3.63, 3.8) is 0 Å². The Labute approximate surface area is 144 Å². The van der Waals surface area contributed by atoms with Crippen LogP contribution >= 0.6 is 22.6 Å². The second-order valence-electron chi connectivity index (χ2n) is 5.99. The molecule has 2 saturated heterocycles. The first-order valence-electron chi connectivity index (χ1n) is 7.38. The van der Waals surface area contributed by atoms with Gasteiger partial charge in [-0.1, -0.05) is 40.3 Å². The van der Waals surface area contributed by atoms with Crippen molar-refractivity contribution in [1.29, 1.82) is 0 Å². The van der Waals surface area contributed by atoms with Crippen molar-refractivity contribution in [2.45, 2.75) is 40.2 Å². The van der Waals surface area contributed by atoms with E-state index in [2.05, 4.69) is 22.6 Å². The maximum atomic E-state index is 13.1. The predicted octanol–water partition coefficient (Wildman–Crippen LogP) is 1.71. The van der Waals surface area contributed by atoms with Crippen molar-refractivity contribution in [1.82, 2.24) is 4.31 Å². The molecule has 3 rings (SSSR count). The number of aliphatic hydroxyl groups is 1. The zero-order valence-corrected chi connectivity index (χ0v) is 15.4. The van der Waals surface area contributed by atoms with Gasteiger partial charge in [-0.25, -0.2) is 8.42 Å². The highest BCUT2D eigenvalue weighted by Crippen LogP contribution is 2.43. The van der Waals surface area contributed by atoms with Crippen LogP contribution < -0.4 is 0 Å². The topological polar surface area (TPSA) is 66.8 Å². The van der Waals surface area contributed by atoms with Crippen LogP contribution in [0.4, 0.5) is 0 Å². The average molecular weight is 437 g/mol. The molecule has 0 radical (unpaired) electrons. The summed E-state index contributed by atoms with van der Waals surface area (Å²) in [5, 5.41) is 10.5. The van der Waals surface area contributed by atoms with E-state index in [4.69, 9.17) is 4.74 Å². The number of halogens is 1. The number of nitrogens with zero attached hydrogens (tertiary/aromatic N) is 1. The molecule has 2 aliphatic heterocycles. The standard InChI is InChI=1S/C15H20INO4S/c1-11-2-4-12(5-3-11)22(19,20)17-8-6-14(18)15(17)10-21-9-7-13(15)16/h2-5,13-14,18H,6-10H2,1H3. The lowest BCUT2D eigenvalue weighted by Crippen LogP contribution is -2.63. The van der Waals surface area contributed by atoms with Crippen LogP contribution in [0.15, 0.2) is 29.2 Å². The summed E-state index contributed by atoms with van der Waals surface area (Å²) in [7, 11) is -3.64. The van der Waals surface area contributed by atoms with Gasteiger partial charge < -0.3 is 9.84 Å². The summed E-state index contributed by atoms with van der Waals surface area (Å²) >= 11 is 2.26. The monoisotopic (exact) mass is 437 g/mol. The number of rotatable bonds is 2. The minimum atomic E-state index is -3.64. The maximum Gasteiger partial charge on any atom is 0.243 e. The van der Waals surface area contributed by atoms with Gasteiger partial charge in [0.05, 0.1) is 23.1 Å². The van der Waals surface area contributed by atoms with Crippen molar-refractivity contribution in [3.05, 3.63) is 29.8 Å². The molecular formula is C15H20INO4S. The number of sulfonamides is 1. The van der Waals surface area contributed by atoms with E-state index >= 15 is 0 Å². The van der Waals surface area contributed by atoms with Crippen LogP contribution in [0.2, 0.25) is 0 Å². The first kappa shape index (κ1) is 16.6. The summed E-state index contributed by atoms with van der Waals surface area (Å²) in [6.45, 7) is 3.13. The summed E-state index contributed by atoms with van der Waals surface area (Å²) in [6.07, 6.45) is 0.515. The summed E-state index contributed by atoms with van der Waals surface area (Å²) in [4.78, 5) is 0.278. The molecule has 3 unspecified atom stereocenters. The van der Waals surface area contributed by atoms with Gasteiger partial charge in [0.25, 0.3) is 0 Å². The number of benzene rings is 1. The number of alkyl halides is 1. The van der Waals surface area contributed by atoms with Crippen LogP contribution in [0.1, 0.15) is 18.4 Å². The number of ether oxygens (including phenoxy) is 1. The first-order chi connectivity index (χ1) is 10.4. The lowest BCUT2D eigenvalue weighted by atomic mass is 9.88. The molecule has 122 valence electrons. The molecule has 1 spiro atoms. The van der Waals surface area contributed by atoms with Crippen LogP contribution in [0.3, 0.4) is 0 Å². The second kappa shape index (κ2) is 6.01. The van der Waals surface area contributed by atoms with E-state index in [1.807, 2.05) is 6.92 Å². The van der Waals surface area contributed by atoms with E-state index in [-0.39, 0.29) is 15.4 Å². The molecule has 0 aromatic heterocycles. The molecule has 0 bridgehead atoms. The van der Waals surface area contributed by atoms with Gasteiger partial charge in [0.15, 0.2) is 0 Å². The number of aliphatic hydroxyl groups excluding tert-OH is 1. The molecule has 7 heteroatoms. The fourth-order valence-electron chi connectivity index (χ4n) is 3.34. The lowest BCUT2D eigenvalue weighted by molar-refractivity contribution is -0.0439. The van der Waals surface area contributed by atoms with Crippen molar-refractivity contribution in [3.8, 4) is 0 Å². The van der Waals surface area contributed by atoms with E-state index in [0.717, 1.165) is 12.0 Å². The van der Waals surface area contributed by atoms with Crippen LogP contribution in [0.5, 0.6) is 0 Å². The molecule has 1 aromatic rings. The molecule has 2 heterocycles. The van der Waals surface area contributed by atoms with E-state index in [0.29, 0.717) is 19.6 Å². The Morgan fingerprint density at radius 1 is 1.32 bits per heavy atom. The van der Waals surface area contributed by atoms with E-state index in [1.165, 1.54) is 4.31 Å². The minimum absolute atomic E-state index is 0.0385. The zero-order chi connectivity index (χ0) is 16.0. The third-order valence-corrected chi connectivity index (χ3v) is 8.32. The van der Waals surface area contributed by atoms with Gasteiger partial charge in [-0.15, -0.1) is 0 Å². The van der Waals surface area contributed by atoms with Gasteiger partial charge in [0, 0.05) is 17.1 Å². The SMILES string of the molecule is Cc1ccc(S(=O)(=O)N2CCC(O)C23COCCC3I)cc1. The van der Waals surface area contributed by atoms with Crippen LogP contribution in [-0.2, 0) is 14.8 Å². The Hall–Kier alpha value is -0.220. The molecule has 3 atom stereocenters. The summed E-state index contributed by atoms with van der Waals surface area (Å²) < 4.78 is 33.2. The molecule has 2 aliphatic rings. The smallest absolute Gasteiger partial charge is 0.243 e. The predicted molar refractivity (Wildman–Crippen MR) is 91.7 cm³/mol. The second-order valence-corrected chi connectivity index (χ2v) is 9.36.